The molecule has 0 saturated heterocycles. The standard InChI is InChI=1S/C5H11I2N/c1-3-5(4-2)8(6)7/h5H,3-4H2,1-2H3. The third-order valence-corrected chi connectivity index (χ3v) is 2.79. The van der Waals surface area contributed by atoms with Crippen LogP contribution in [0.15, 0.2) is 0 Å². The van der Waals surface area contributed by atoms with E-state index in [1.54, 1.807) is 0 Å². The summed E-state index contributed by atoms with van der Waals surface area (Å²) in [5.74, 6) is 0. The lowest BCUT2D eigenvalue weighted by atomic mass is 10.2. The molecule has 0 saturated carbocycles. The van der Waals surface area contributed by atoms with Crippen LogP contribution in [-0.2, 0) is 0 Å². The van der Waals surface area contributed by atoms with E-state index in [0.29, 0.717) is 0 Å². The second-order valence-corrected chi connectivity index (χ2v) is 5.65. The van der Waals surface area contributed by atoms with Gasteiger partial charge in [0.15, 0.2) is 0 Å². The van der Waals surface area contributed by atoms with Crippen molar-refractivity contribution in [2.45, 2.75) is 32.7 Å². The summed E-state index contributed by atoms with van der Waals surface area (Å²) in [7, 11) is 0. The fourth-order valence-electron chi connectivity index (χ4n) is 0.565. The van der Waals surface area contributed by atoms with Gasteiger partial charge in [0.05, 0.1) is 0 Å². The zero-order valence-corrected chi connectivity index (χ0v) is 9.51. The lowest BCUT2D eigenvalue weighted by Crippen LogP contribution is -2.14. The molecule has 0 spiro atoms. The number of hydrogen-bond acceptors (Lipinski definition) is 1. The molecule has 0 radical (unpaired) electrons. The first-order valence-corrected chi connectivity index (χ1v) is 4.76. The number of nitrogens with zero attached hydrogens (tertiary/aromatic N) is 1. The van der Waals surface area contributed by atoms with Crippen molar-refractivity contribution >= 4 is 45.7 Å². The van der Waals surface area contributed by atoms with Crippen molar-refractivity contribution in [3.05, 3.63) is 0 Å². The normalized spacial score (nSPS) is 11.2. The van der Waals surface area contributed by atoms with Gasteiger partial charge in [-0.05, 0) is 12.8 Å². The molecule has 50 valence electrons. The molecule has 0 aromatic carbocycles. The molecule has 0 atom stereocenters. The smallest absolute Gasteiger partial charge is 0.0311 e. The van der Waals surface area contributed by atoms with Gasteiger partial charge in [-0.3, -0.25) is 0 Å². The van der Waals surface area contributed by atoms with E-state index in [2.05, 4.69) is 60.9 Å². The maximum absolute atomic E-state index is 2.32. The molecule has 0 aromatic heterocycles. The first-order chi connectivity index (χ1) is 3.72. The summed E-state index contributed by atoms with van der Waals surface area (Å²) in [5, 5.41) is 0. The highest BCUT2D eigenvalue weighted by Gasteiger charge is 2.06. The monoisotopic (exact) mass is 339 g/mol. The van der Waals surface area contributed by atoms with Crippen LogP contribution in [0.2, 0.25) is 0 Å². The average molecular weight is 339 g/mol. The van der Waals surface area contributed by atoms with Gasteiger partial charge in [0.1, 0.15) is 0 Å². The Balaban J connectivity index is 3.35. The molecule has 0 aromatic rings. The highest BCUT2D eigenvalue weighted by molar-refractivity contribution is 14.2. The van der Waals surface area contributed by atoms with Crippen molar-refractivity contribution in [1.29, 1.82) is 0 Å². The first-order valence-electron chi connectivity index (χ1n) is 2.83. The summed E-state index contributed by atoms with van der Waals surface area (Å²) in [6.45, 7) is 4.44. The van der Waals surface area contributed by atoms with Crippen molar-refractivity contribution in [3.8, 4) is 0 Å². The molecule has 3 heteroatoms. The minimum Gasteiger partial charge on any atom is -0.185 e. The van der Waals surface area contributed by atoms with Crippen LogP contribution in [0.5, 0.6) is 0 Å². The van der Waals surface area contributed by atoms with E-state index in [9.17, 15) is 0 Å². The van der Waals surface area contributed by atoms with Gasteiger partial charge >= 0.3 is 0 Å². The number of rotatable bonds is 3. The van der Waals surface area contributed by atoms with Crippen molar-refractivity contribution in [2.75, 3.05) is 0 Å². The van der Waals surface area contributed by atoms with Crippen molar-refractivity contribution in [1.82, 2.24) is 1.33 Å². The van der Waals surface area contributed by atoms with Crippen molar-refractivity contribution in [3.63, 3.8) is 0 Å². The zero-order chi connectivity index (χ0) is 6.57. The number of hydrogen-bond donors (Lipinski definition) is 0. The molecule has 1 nitrogen and oxygen atoms in total. The van der Waals surface area contributed by atoms with E-state index in [1.165, 1.54) is 12.8 Å². The van der Waals surface area contributed by atoms with Crippen molar-refractivity contribution < 1.29 is 0 Å². The third kappa shape index (κ3) is 3.45. The van der Waals surface area contributed by atoms with E-state index in [4.69, 9.17) is 0 Å². The van der Waals surface area contributed by atoms with Crippen LogP contribution in [0.1, 0.15) is 26.7 Å². The van der Waals surface area contributed by atoms with Crippen LogP contribution in [0.25, 0.3) is 0 Å². The van der Waals surface area contributed by atoms with Gasteiger partial charge in [-0.2, -0.15) is 1.33 Å². The molecule has 0 aliphatic heterocycles. The molecule has 0 bridgehead atoms. The Hall–Kier alpha value is 1.42. The summed E-state index contributed by atoms with van der Waals surface area (Å²) in [6, 6.07) is 0.760. The predicted octanol–water partition coefficient (Wildman–Crippen LogP) is 3.18. The Morgan fingerprint density at radius 1 is 1.25 bits per heavy atom. The molecule has 0 aliphatic rings. The topological polar surface area (TPSA) is 3.24 Å². The molecule has 0 fully saturated rings. The maximum atomic E-state index is 2.32. The Morgan fingerprint density at radius 2 is 1.62 bits per heavy atom. The molecule has 0 amide bonds. The predicted molar refractivity (Wildman–Crippen MR) is 54.2 cm³/mol. The highest BCUT2D eigenvalue weighted by Crippen LogP contribution is 2.17. The summed E-state index contributed by atoms with van der Waals surface area (Å²) >= 11 is 4.65. The summed E-state index contributed by atoms with van der Waals surface area (Å²) in [6.07, 6.45) is 2.50. The average Bonchev–Trinajstić information content (AvgIpc) is 1.69. The van der Waals surface area contributed by atoms with Crippen LogP contribution in [0, 0.1) is 0 Å². The van der Waals surface area contributed by atoms with Gasteiger partial charge in [-0.1, -0.05) is 13.8 Å². The SMILES string of the molecule is CCC(CC)N(I)I. The van der Waals surface area contributed by atoms with Crippen LogP contribution in [0.4, 0.5) is 0 Å². The lowest BCUT2D eigenvalue weighted by Gasteiger charge is -2.15. The van der Waals surface area contributed by atoms with Gasteiger partial charge in [0, 0.05) is 51.8 Å². The quantitative estimate of drug-likeness (QED) is 0.564. The summed E-state index contributed by atoms with van der Waals surface area (Å²) in [4.78, 5) is 0. The third-order valence-electron chi connectivity index (χ3n) is 1.22. The van der Waals surface area contributed by atoms with Gasteiger partial charge < -0.3 is 0 Å². The summed E-state index contributed by atoms with van der Waals surface area (Å²) < 4.78 is 2.22. The van der Waals surface area contributed by atoms with Gasteiger partial charge in [-0.25, -0.2) is 0 Å². The minimum atomic E-state index is 0.760. The van der Waals surface area contributed by atoms with Gasteiger partial charge in [0.25, 0.3) is 0 Å². The largest absolute Gasteiger partial charge is 0.185 e. The molecule has 0 heterocycles. The lowest BCUT2D eigenvalue weighted by molar-refractivity contribution is 0.523. The first kappa shape index (κ1) is 9.42. The molecule has 0 rings (SSSR count). The van der Waals surface area contributed by atoms with Crippen LogP contribution in [0.3, 0.4) is 0 Å². The van der Waals surface area contributed by atoms with Crippen LogP contribution >= 0.6 is 45.7 Å². The zero-order valence-electron chi connectivity index (χ0n) is 5.19. The van der Waals surface area contributed by atoms with E-state index in [1.807, 2.05) is 0 Å². The fraction of sp³-hybridized carbons (Fsp3) is 1.00. The Kier molecular flexibility index (Phi) is 6.15. The van der Waals surface area contributed by atoms with E-state index in [-0.39, 0.29) is 0 Å². The van der Waals surface area contributed by atoms with E-state index in [0.717, 1.165) is 6.04 Å². The molecular formula is C5H11I2N. The van der Waals surface area contributed by atoms with Gasteiger partial charge in [0.2, 0.25) is 0 Å². The van der Waals surface area contributed by atoms with Crippen LogP contribution in [-0.4, -0.2) is 7.37 Å². The summed E-state index contributed by atoms with van der Waals surface area (Å²) in [5.41, 5.74) is 0. The second-order valence-electron chi connectivity index (χ2n) is 1.73. The van der Waals surface area contributed by atoms with E-state index < -0.39 is 0 Å². The van der Waals surface area contributed by atoms with Gasteiger partial charge in [-0.15, -0.1) is 0 Å². The molecule has 0 unspecified atom stereocenters. The maximum Gasteiger partial charge on any atom is 0.0311 e. The molecule has 0 N–H and O–H groups in total. The number of halogens is 2. The van der Waals surface area contributed by atoms with Crippen LogP contribution < -0.4 is 0 Å². The molecule has 8 heavy (non-hydrogen) atoms. The Bertz CT molecular complexity index is 52.4. The second kappa shape index (κ2) is 5.22. The Labute approximate surface area is 79.2 Å². The minimum absolute atomic E-state index is 0.760. The molecule has 0 aliphatic carbocycles. The van der Waals surface area contributed by atoms with Crippen molar-refractivity contribution in [2.24, 2.45) is 0 Å². The molecular weight excluding hydrogens is 328 g/mol. The fourth-order valence-corrected chi connectivity index (χ4v) is 2.14. The highest BCUT2D eigenvalue weighted by atomic mass is 127. The Morgan fingerprint density at radius 3 is 1.62 bits per heavy atom. The van der Waals surface area contributed by atoms with E-state index >= 15 is 0 Å².